The largest absolute Gasteiger partial charge is 0.493 e. The highest BCUT2D eigenvalue weighted by atomic mass is 19.1. The number of hydrogen-bond donors (Lipinski definition) is 0. The molecule has 31 heavy (non-hydrogen) atoms. The normalized spacial score (nSPS) is 16.3. The molecule has 1 aromatic heterocycles. The van der Waals surface area contributed by atoms with Crippen molar-refractivity contribution in [3.05, 3.63) is 53.7 Å². The Labute approximate surface area is 179 Å². The van der Waals surface area contributed by atoms with Crippen LogP contribution in [0.15, 0.2) is 40.9 Å². The number of rotatable bonds is 6. The van der Waals surface area contributed by atoms with Crippen LogP contribution < -0.4 is 14.4 Å². The summed E-state index contributed by atoms with van der Waals surface area (Å²) in [7, 11) is 1.57. The number of aryl methyl sites for hydroxylation is 1. The van der Waals surface area contributed by atoms with E-state index in [0.29, 0.717) is 28.8 Å². The van der Waals surface area contributed by atoms with Crippen LogP contribution in [0.5, 0.6) is 11.5 Å². The minimum atomic E-state index is -0.429. The molecule has 0 saturated carbocycles. The Balaban J connectivity index is 1.55. The van der Waals surface area contributed by atoms with E-state index in [-0.39, 0.29) is 36.6 Å². The summed E-state index contributed by atoms with van der Waals surface area (Å²) in [6, 6.07) is 10.1. The van der Waals surface area contributed by atoms with E-state index in [9.17, 15) is 9.18 Å². The van der Waals surface area contributed by atoms with Crippen LogP contribution in [-0.2, 0) is 4.79 Å². The summed E-state index contributed by atoms with van der Waals surface area (Å²) in [6.07, 6.45) is 0.192. The Morgan fingerprint density at radius 1 is 1.19 bits per heavy atom. The molecule has 4 rings (SSSR count). The summed E-state index contributed by atoms with van der Waals surface area (Å²) >= 11 is 0. The lowest BCUT2D eigenvalue weighted by molar-refractivity contribution is -0.117. The summed E-state index contributed by atoms with van der Waals surface area (Å²) in [5.74, 6) is 1.01. The van der Waals surface area contributed by atoms with E-state index in [2.05, 4.69) is 10.1 Å². The number of carbonyl (C=O) groups is 1. The van der Waals surface area contributed by atoms with Gasteiger partial charge in [0.1, 0.15) is 5.82 Å². The van der Waals surface area contributed by atoms with E-state index in [1.54, 1.807) is 31.4 Å². The van der Waals surface area contributed by atoms with Crippen LogP contribution in [0, 0.1) is 12.7 Å². The van der Waals surface area contributed by atoms with Crippen LogP contribution in [-0.4, -0.2) is 35.8 Å². The fourth-order valence-electron chi connectivity index (χ4n) is 3.61. The van der Waals surface area contributed by atoms with E-state index < -0.39 is 5.82 Å². The second-order valence-electron chi connectivity index (χ2n) is 7.85. The third-order valence-corrected chi connectivity index (χ3v) is 5.09. The summed E-state index contributed by atoms with van der Waals surface area (Å²) in [5.41, 5.74) is 1.86. The molecule has 0 bridgehead atoms. The third kappa shape index (κ3) is 4.23. The number of methoxy groups -OCH3 is 1. The maximum absolute atomic E-state index is 14.3. The van der Waals surface area contributed by atoms with Crippen molar-refractivity contribution in [3.8, 4) is 22.9 Å². The molecule has 8 heteroatoms. The van der Waals surface area contributed by atoms with Crippen molar-refractivity contribution in [2.75, 3.05) is 18.6 Å². The van der Waals surface area contributed by atoms with E-state index in [1.165, 1.54) is 11.0 Å². The highest BCUT2D eigenvalue weighted by molar-refractivity contribution is 5.96. The van der Waals surface area contributed by atoms with Gasteiger partial charge in [-0.1, -0.05) is 11.2 Å². The van der Waals surface area contributed by atoms with E-state index in [0.717, 1.165) is 5.56 Å². The van der Waals surface area contributed by atoms with Gasteiger partial charge in [0.15, 0.2) is 11.5 Å². The zero-order chi connectivity index (χ0) is 22.1. The van der Waals surface area contributed by atoms with Gasteiger partial charge in [0.05, 0.1) is 24.8 Å². The van der Waals surface area contributed by atoms with Crippen LogP contribution in [0.2, 0.25) is 0 Å². The van der Waals surface area contributed by atoms with Gasteiger partial charge in [-0.25, -0.2) is 4.39 Å². The van der Waals surface area contributed by atoms with Crippen molar-refractivity contribution < 1.29 is 23.2 Å². The average molecular weight is 425 g/mol. The fourth-order valence-corrected chi connectivity index (χ4v) is 3.61. The SMILES string of the molecule is COc1cc(-c2noc(C3CC(=O)N(c4cc(C)ccc4F)C3)n2)ccc1OC(C)C. The molecule has 1 saturated heterocycles. The Hall–Kier alpha value is -3.42. The van der Waals surface area contributed by atoms with E-state index >= 15 is 0 Å². The lowest BCUT2D eigenvalue weighted by Crippen LogP contribution is -2.25. The number of carbonyl (C=O) groups excluding carboxylic acids is 1. The Morgan fingerprint density at radius 3 is 2.74 bits per heavy atom. The summed E-state index contributed by atoms with van der Waals surface area (Å²) in [6.45, 7) is 6.02. The first-order valence-electron chi connectivity index (χ1n) is 10.1. The van der Waals surface area contributed by atoms with Gasteiger partial charge in [0.25, 0.3) is 0 Å². The van der Waals surface area contributed by atoms with Crippen molar-refractivity contribution in [2.45, 2.75) is 39.2 Å². The predicted molar refractivity (Wildman–Crippen MR) is 113 cm³/mol. The fraction of sp³-hybridized carbons (Fsp3) is 0.348. The minimum Gasteiger partial charge on any atom is -0.493 e. The standard InChI is InChI=1S/C23H24FN3O4/c1-13(2)30-19-8-6-15(10-20(19)29-4)22-25-23(31-26-22)16-11-21(28)27(12-16)18-9-14(3)5-7-17(18)24/h5-10,13,16H,11-12H2,1-4H3. The van der Waals surface area contributed by atoms with Crippen molar-refractivity contribution >= 4 is 11.6 Å². The van der Waals surface area contributed by atoms with Gasteiger partial charge < -0.3 is 18.9 Å². The van der Waals surface area contributed by atoms with Gasteiger partial charge in [0.2, 0.25) is 17.6 Å². The molecule has 0 aliphatic carbocycles. The van der Waals surface area contributed by atoms with Crippen molar-refractivity contribution in [2.24, 2.45) is 0 Å². The van der Waals surface area contributed by atoms with Gasteiger partial charge in [-0.3, -0.25) is 4.79 Å². The van der Waals surface area contributed by atoms with Crippen LogP contribution in [0.25, 0.3) is 11.4 Å². The lowest BCUT2D eigenvalue weighted by atomic mass is 10.1. The second-order valence-corrected chi connectivity index (χ2v) is 7.85. The van der Waals surface area contributed by atoms with Crippen molar-refractivity contribution in [1.82, 2.24) is 10.1 Å². The maximum Gasteiger partial charge on any atom is 0.232 e. The minimum absolute atomic E-state index is 0.0117. The average Bonchev–Trinajstić information content (AvgIpc) is 3.37. The van der Waals surface area contributed by atoms with Crippen LogP contribution in [0.4, 0.5) is 10.1 Å². The summed E-state index contributed by atoms with van der Waals surface area (Å²) < 4.78 is 30.9. The maximum atomic E-state index is 14.3. The van der Waals surface area contributed by atoms with Gasteiger partial charge in [-0.05, 0) is 56.7 Å². The molecule has 3 aromatic rings. The molecule has 7 nitrogen and oxygen atoms in total. The van der Waals surface area contributed by atoms with E-state index in [1.807, 2.05) is 26.8 Å². The number of halogens is 1. The molecule has 1 aliphatic rings. The molecule has 1 aliphatic heterocycles. The number of amides is 1. The lowest BCUT2D eigenvalue weighted by Gasteiger charge is -2.17. The summed E-state index contributed by atoms with van der Waals surface area (Å²) in [5, 5.41) is 4.07. The molecule has 0 spiro atoms. The number of ether oxygens (including phenoxy) is 2. The topological polar surface area (TPSA) is 77.7 Å². The Morgan fingerprint density at radius 2 is 2.00 bits per heavy atom. The second kappa shape index (κ2) is 8.37. The van der Waals surface area contributed by atoms with Crippen LogP contribution in [0.3, 0.4) is 0 Å². The first-order chi connectivity index (χ1) is 14.9. The Kier molecular flexibility index (Phi) is 5.63. The first-order valence-corrected chi connectivity index (χ1v) is 10.1. The third-order valence-electron chi connectivity index (χ3n) is 5.09. The zero-order valence-corrected chi connectivity index (χ0v) is 17.9. The van der Waals surface area contributed by atoms with Gasteiger partial charge >= 0.3 is 0 Å². The first kappa shape index (κ1) is 20.8. The van der Waals surface area contributed by atoms with Gasteiger partial charge in [-0.2, -0.15) is 4.98 Å². The molecule has 0 N–H and O–H groups in total. The zero-order valence-electron chi connectivity index (χ0n) is 17.9. The van der Waals surface area contributed by atoms with Crippen LogP contribution >= 0.6 is 0 Å². The van der Waals surface area contributed by atoms with Crippen molar-refractivity contribution in [3.63, 3.8) is 0 Å². The van der Waals surface area contributed by atoms with Crippen LogP contribution in [0.1, 0.15) is 37.6 Å². The number of hydrogen-bond acceptors (Lipinski definition) is 6. The number of nitrogens with zero attached hydrogens (tertiary/aromatic N) is 3. The highest BCUT2D eigenvalue weighted by Crippen LogP contribution is 2.35. The predicted octanol–water partition coefficient (Wildman–Crippen LogP) is 4.50. The number of benzene rings is 2. The molecular weight excluding hydrogens is 401 g/mol. The molecule has 1 atom stereocenters. The highest BCUT2D eigenvalue weighted by Gasteiger charge is 2.36. The molecule has 2 aromatic carbocycles. The van der Waals surface area contributed by atoms with Crippen molar-refractivity contribution in [1.29, 1.82) is 0 Å². The summed E-state index contributed by atoms with van der Waals surface area (Å²) in [4.78, 5) is 18.5. The molecule has 1 amide bonds. The molecule has 2 heterocycles. The quantitative estimate of drug-likeness (QED) is 0.579. The number of anilines is 1. The molecule has 1 fully saturated rings. The van der Waals surface area contributed by atoms with E-state index in [4.69, 9.17) is 14.0 Å². The van der Waals surface area contributed by atoms with Gasteiger partial charge in [0, 0.05) is 18.5 Å². The number of aromatic nitrogens is 2. The monoisotopic (exact) mass is 425 g/mol. The molecule has 162 valence electrons. The smallest absolute Gasteiger partial charge is 0.232 e. The Bertz CT molecular complexity index is 1110. The molecular formula is C23H24FN3O4. The molecule has 0 radical (unpaired) electrons. The van der Waals surface area contributed by atoms with Gasteiger partial charge in [-0.15, -0.1) is 0 Å². The molecule has 1 unspecified atom stereocenters.